The number of halogens is 2. The Balaban J connectivity index is 1.83. The summed E-state index contributed by atoms with van der Waals surface area (Å²) in [6, 6.07) is 18.1. The van der Waals surface area contributed by atoms with Crippen LogP contribution >= 0.6 is 0 Å². The van der Waals surface area contributed by atoms with Crippen LogP contribution in [0.5, 0.6) is 0 Å². The second-order valence-electron chi connectivity index (χ2n) is 6.26. The molecule has 0 saturated carbocycles. The lowest BCUT2D eigenvalue weighted by Crippen LogP contribution is -2.41. The molecular formula is C21H15F2NO2. The first-order chi connectivity index (χ1) is 12.5. The molecule has 0 radical (unpaired) electrons. The number of aliphatic hydroxyl groups is 1. The van der Waals surface area contributed by atoms with Crippen LogP contribution in [0.3, 0.4) is 0 Å². The molecule has 0 aromatic heterocycles. The number of nitrogens with zero attached hydrogens (tertiary/aromatic N) is 1. The molecule has 1 amide bonds. The molecule has 26 heavy (non-hydrogen) atoms. The summed E-state index contributed by atoms with van der Waals surface area (Å²) >= 11 is 0. The Labute approximate surface area is 149 Å². The van der Waals surface area contributed by atoms with E-state index in [1.54, 1.807) is 36.4 Å². The highest BCUT2D eigenvalue weighted by Crippen LogP contribution is 2.44. The molecule has 1 N–H and O–H groups in total. The second-order valence-corrected chi connectivity index (χ2v) is 6.26. The van der Waals surface area contributed by atoms with Crippen LogP contribution in [0.2, 0.25) is 0 Å². The number of rotatable bonds is 3. The Kier molecular flexibility index (Phi) is 3.81. The van der Waals surface area contributed by atoms with Crippen LogP contribution in [-0.4, -0.2) is 11.0 Å². The van der Waals surface area contributed by atoms with Gasteiger partial charge in [-0.25, -0.2) is 8.78 Å². The van der Waals surface area contributed by atoms with Gasteiger partial charge in [0.05, 0.1) is 12.2 Å². The van der Waals surface area contributed by atoms with Gasteiger partial charge in [-0.15, -0.1) is 0 Å². The number of para-hydroxylation sites is 1. The van der Waals surface area contributed by atoms with Crippen LogP contribution in [-0.2, 0) is 16.9 Å². The highest BCUT2D eigenvalue weighted by Gasteiger charge is 2.51. The average molecular weight is 351 g/mol. The number of carbonyl (C=O) groups is 1. The quantitative estimate of drug-likeness (QED) is 0.781. The first-order valence-corrected chi connectivity index (χ1v) is 8.14. The molecule has 0 spiro atoms. The molecule has 3 aromatic carbocycles. The first kappa shape index (κ1) is 16.4. The van der Waals surface area contributed by atoms with Crippen LogP contribution in [0.25, 0.3) is 0 Å². The van der Waals surface area contributed by atoms with Crippen LogP contribution in [0.15, 0.2) is 72.8 Å². The van der Waals surface area contributed by atoms with E-state index in [-0.39, 0.29) is 12.1 Å². The minimum absolute atomic E-state index is 0.102. The molecule has 0 saturated heterocycles. The topological polar surface area (TPSA) is 40.5 Å². The van der Waals surface area contributed by atoms with Gasteiger partial charge in [0.25, 0.3) is 5.91 Å². The van der Waals surface area contributed by atoms with Crippen molar-refractivity contribution in [2.45, 2.75) is 12.1 Å². The zero-order valence-electron chi connectivity index (χ0n) is 13.7. The van der Waals surface area contributed by atoms with Crippen molar-refractivity contribution in [1.29, 1.82) is 0 Å². The molecule has 0 fully saturated rings. The predicted octanol–water partition coefficient (Wildman–Crippen LogP) is 3.75. The summed E-state index contributed by atoms with van der Waals surface area (Å²) in [5, 5.41) is 11.3. The van der Waals surface area contributed by atoms with E-state index in [2.05, 4.69) is 0 Å². The number of benzene rings is 3. The lowest BCUT2D eigenvalue weighted by molar-refractivity contribution is -0.132. The molecular weight excluding hydrogens is 336 g/mol. The average Bonchev–Trinajstić information content (AvgIpc) is 2.85. The molecule has 3 nitrogen and oxygen atoms in total. The molecule has 4 rings (SSSR count). The molecule has 0 aliphatic carbocycles. The molecule has 1 heterocycles. The van der Waals surface area contributed by atoms with Crippen molar-refractivity contribution in [3.8, 4) is 0 Å². The van der Waals surface area contributed by atoms with Crippen molar-refractivity contribution >= 4 is 11.6 Å². The fraction of sp³-hybridized carbons (Fsp3) is 0.0952. The summed E-state index contributed by atoms with van der Waals surface area (Å²) in [6.07, 6.45) is 0. The van der Waals surface area contributed by atoms with Crippen LogP contribution < -0.4 is 4.90 Å². The van der Waals surface area contributed by atoms with Crippen molar-refractivity contribution < 1.29 is 18.7 Å². The Hall–Kier alpha value is -3.05. The van der Waals surface area contributed by atoms with Crippen molar-refractivity contribution in [2.75, 3.05) is 4.90 Å². The van der Waals surface area contributed by atoms with E-state index in [1.807, 2.05) is 0 Å². The van der Waals surface area contributed by atoms with E-state index in [0.717, 1.165) is 6.07 Å². The third-order valence-electron chi connectivity index (χ3n) is 4.61. The van der Waals surface area contributed by atoms with Crippen molar-refractivity contribution in [2.24, 2.45) is 0 Å². The van der Waals surface area contributed by atoms with Gasteiger partial charge in [-0.05, 0) is 35.9 Å². The van der Waals surface area contributed by atoms with Crippen LogP contribution in [0, 0.1) is 11.6 Å². The number of amides is 1. The van der Waals surface area contributed by atoms with Crippen molar-refractivity contribution in [3.05, 3.63) is 101 Å². The fourth-order valence-corrected chi connectivity index (χ4v) is 3.40. The van der Waals surface area contributed by atoms with Gasteiger partial charge in [0.1, 0.15) is 11.6 Å². The summed E-state index contributed by atoms with van der Waals surface area (Å²) in [5.41, 5.74) is -0.319. The third kappa shape index (κ3) is 2.48. The molecule has 1 aliphatic heterocycles. The Morgan fingerprint density at radius 2 is 1.58 bits per heavy atom. The maximum Gasteiger partial charge on any atom is 0.268 e. The van der Waals surface area contributed by atoms with Gasteiger partial charge in [-0.3, -0.25) is 4.79 Å². The number of hydrogen-bond acceptors (Lipinski definition) is 2. The minimum atomic E-state index is -1.98. The summed E-state index contributed by atoms with van der Waals surface area (Å²) in [4.78, 5) is 14.5. The fourth-order valence-electron chi connectivity index (χ4n) is 3.40. The smallest absolute Gasteiger partial charge is 0.268 e. The van der Waals surface area contributed by atoms with Gasteiger partial charge in [0.2, 0.25) is 0 Å². The van der Waals surface area contributed by atoms with E-state index >= 15 is 0 Å². The minimum Gasteiger partial charge on any atom is -0.372 e. The lowest BCUT2D eigenvalue weighted by Gasteiger charge is -2.24. The largest absolute Gasteiger partial charge is 0.372 e. The third-order valence-corrected chi connectivity index (χ3v) is 4.61. The van der Waals surface area contributed by atoms with Gasteiger partial charge in [0.15, 0.2) is 5.60 Å². The molecule has 1 atom stereocenters. The van der Waals surface area contributed by atoms with Crippen molar-refractivity contribution in [1.82, 2.24) is 0 Å². The van der Waals surface area contributed by atoms with E-state index in [1.165, 1.54) is 35.2 Å². The maximum absolute atomic E-state index is 13.7. The lowest BCUT2D eigenvalue weighted by atomic mass is 9.87. The predicted molar refractivity (Wildman–Crippen MR) is 93.4 cm³/mol. The van der Waals surface area contributed by atoms with Gasteiger partial charge in [-0.2, -0.15) is 0 Å². The molecule has 1 aliphatic rings. The van der Waals surface area contributed by atoms with Crippen LogP contribution in [0.1, 0.15) is 16.7 Å². The second kappa shape index (κ2) is 6.04. The van der Waals surface area contributed by atoms with Gasteiger partial charge in [-0.1, -0.05) is 42.5 Å². The molecule has 5 heteroatoms. The highest BCUT2D eigenvalue weighted by molar-refractivity contribution is 6.09. The number of carbonyl (C=O) groups excluding carboxylic acids is 1. The van der Waals surface area contributed by atoms with Gasteiger partial charge < -0.3 is 10.0 Å². The monoisotopic (exact) mass is 351 g/mol. The normalized spacial score (nSPS) is 18.9. The number of fused-ring (bicyclic) bond motifs is 1. The SMILES string of the molecule is O=C1N(Cc2cccc(F)c2)c2ccccc2[C@]1(O)c1cccc(F)c1. The highest BCUT2D eigenvalue weighted by atomic mass is 19.1. The number of anilines is 1. The summed E-state index contributed by atoms with van der Waals surface area (Å²) < 4.78 is 27.2. The zero-order valence-corrected chi connectivity index (χ0v) is 13.7. The van der Waals surface area contributed by atoms with E-state index in [0.29, 0.717) is 16.8 Å². The zero-order chi connectivity index (χ0) is 18.3. The molecule has 130 valence electrons. The maximum atomic E-state index is 13.7. The number of hydrogen-bond donors (Lipinski definition) is 1. The molecule has 3 aromatic rings. The summed E-state index contributed by atoms with van der Waals surface area (Å²) in [7, 11) is 0. The van der Waals surface area contributed by atoms with E-state index in [9.17, 15) is 18.7 Å². The van der Waals surface area contributed by atoms with Crippen LogP contribution in [0.4, 0.5) is 14.5 Å². The first-order valence-electron chi connectivity index (χ1n) is 8.14. The summed E-state index contributed by atoms with van der Waals surface area (Å²) in [6.45, 7) is 0.102. The van der Waals surface area contributed by atoms with E-state index < -0.39 is 23.1 Å². The molecule has 0 unspecified atom stereocenters. The molecule has 0 bridgehead atoms. The summed E-state index contributed by atoms with van der Waals surface area (Å²) in [5.74, 6) is -1.53. The van der Waals surface area contributed by atoms with Gasteiger partial charge in [0, 0.05) is 11.1 Å². The van der Waals surface area contributed by atoms with E-state index in [4.69, 9.17) is 0 Å². The van der Waals surface area contributed by atoms with Gasteiger partial charge >= 0.3 is 0 Å². The standard InChI is InChI=1S/C21H15F2NO2/c22-16-7-3-5-14(11-16)13-24-19-10-2-1-9-18(19)21(26,20(24)25)15-6-4-8-17(23)12-15/h1-12,26H,13H2/t21-/m1/s1. The Morgan fingerprint density at radius 3 is 2.31 bits per heavy atom. The Bertz CT molecular complexity index is 1000. The van der Waals surface area contributed by atoms with Crippen molar-refractivity contribution in [3.63, 3.8) is 0 Å². The Morgan fingerprint density at radius 1 is 0.885 bits per heavy atom.